The van der Waals surface area contributed by atoms with Gasteiger partial charge in [-0.3, -0.25) is 4.79 Å². The van der Waals surface area contributed by atoms with Gasteiger partial charge in [-0.25, -0.2) is 4.79 Å². The molecule has 0 aliphatic rings. The molecule has 1 heterocycles. The summed E-state index contributed by atoms with van der Waals surface area (Å²) in [5, 5.41) is 5.29. The minimum Gasteiger partial charge on any atom is -0.497 e. The molecular weight excluding hydrogens is 438 g/mol. The van der Waals surface area contributed by atoms with Gasteiger partial charge in [-0.05, 0) is 62.6 Å². The average Bonchev–Trinajstić information content (AvgIpc) is 3.20. The number of anilines is 1. The Hall–Kier alpha value is -3.32. The van der Waals surface area contributed by atoms with E-state index in [1.807, 2.05) is 55.6 Å². The lowest BCUT2D eigenvalue weighted by atomic mass is 9.97. The van der Waals surface area contributed by atoms with E-state index in [-0.39, 0.29) is 18.9 Å². The highest BCUT2D eigenvalue weighted by molar-refractivity contribution is 7.15. The zero-order valence-electron chi connectivity index (χ0n) is 19.4. The number of rotatable bonds is 10. The minimum absolute atomic E-state index is 0.173. The molecule has 174 valence electrons. The van der Waals surface area contributed by atoms with Crippen molar-refractivity contribution in [1.82, 2.24) is 0 Å². The average molecular weight is 468 g/mol. The van der Waals surface area contributed by atoms with Crippen molar-refractivity contribution in [2.45, 2.75) is 33.6 Å². The van der Waals surface area contributed by atoms with Crippen LogP contribution in [0.15, 0.2) is 47.8 Å². The predicted molar refractivity (Wildman–Crippen MR) is 132 cm³/mol. The van der Waals surface area contributed by atoms with Crippen LogP contribution in [-0.4, -0.2) is 32.2 Å². The van der Waals surface area contributed by atoms with Gasteiger partial charge < -0.3 is 19.5 Å². The molecule has 7 heteroatoms. The number of carbonyl (C=O) groups is 2. The molecule has 3 aromatic rings. The molecule has 0 spiro atoms. The Balaban J connectivity index is 1.65. The van der Waals surface area contributed by atoms with Crippen LogP contribution in [0.3, 0.4) is 0 Å². The molecule has 1 N–H and O–H groups in total. The summed E-state index contributed by atoms with van der Waals surface area (Å²) in [6, 6.07) is 13.4. The zero-order chi connectivity index (χ0) is 23.8. The monoisotopic (exact) mass is 467 g/mol. The Morgan fingerprint density at radius 1 is 1.00 bits per heavy atom. The molecule has 0 bridgehead atoms. The molecule has 0 saturated carbocycles. The summed E-state index contributed by atoms with van der Waals surface area (Å²) < 4.78 is 16.1. The van der Waals surface area contributed by atoms with E-state index in [9.17, 15) is 9.59 Å². The molecule has 3 rings (SSSR count). The number of esters is 1. The largest absolute Gasteiger partial charge is 0.497 e. The molecule has 2 aromatic carbocycles. The third-order valence-corrected chi connectivity index (χ3v) is 5.97. The van der Waals surface area contributed by atoms with E-state index in [2.05, 4.69) is 11.4 Å². The summed E-state index contributed by atoms with van der Waals surface area (Å²) in [6.07, 6.45) is 0.817. The van der Waals surface area contributed by atoms with E-state index < -0.39 is 5.97 Å². The summed E-state index contributed by atoms with van der Waals surface area (Å²) in [5.74, 6) is 0.868. The molecule has 1 amide bonds. The number of aryl methyl sites for hydroxylation is 2. The number of hydrogen-bond acceptors (Lipinski definition) is 6. The van der Waals surface area contributed by atoms with Crippen molar-refractivity contribution in [2.75, 3.05) is 25.6 Å². The van der Waals surface area contributed by atoms with E-state index >= 15 is 0 Å². The number of benzene rings is 2. The van der Waals surface area contributed by atoms with Crippen molar-refractivity contribution >= 4 is 28.2 Å². The topological polar surface area (TPSA) is 73.9 Å². The lowest BCUT2D eigenvalue weighted by Gasteiger charge is -2.11. The molecule has 0 aliphatic heterocycles. The first kappa shape index (κ1) is 24.3. The Kier molecular flexibility index (Phi) is 8.49. The number of hydrogen-bond donors (Lipinski definition) is 1. The molecule has 1 aromatic heterocycles. The van der Waals surface area contributed by atoms with E-state index in [1.54, 1.807) is 14.0 Å². The second kappa shape index (κ2) is 11.5. The quantitative estimate of drug-likeness (QED) is 0.292. The summed E-state index contributed by atoms with van der Waals surface area (Å²) in [7, 11) is 1.61. The lowest BCUT2D eigenvalue weighted by molar-refractivity contribution is -0.116. The molecular formula is C26H29NO5S. The van der Waals surface area contributed by atoms with Gasteiger partial charge >= 0.3 is 5.97 Å². The van der Waals surface area contributed by atoms with Crippen LogP contribution in [0.1, 0.15) is 41.3 Å². The summed E-state index contributed by atoms with van der Waals surface area (Å²) in [6.45, 7) is 6.47. The predicted octanol–water partition coefficient (Wildman–Crippen LogP) is 6.01. The number of methoxy groups -OCH3 is 1. The molecule has 0 unspecified atom stereocenters. The summed E-state index contributed by atoms with van der Waals surface area (Å²) in [4.78, 5) is 25.3. The smallest absolute Gasteiger partial charge is 0.341 e. The highest BCUT2D eigenvalue weighted by Gasteiger charge is 2.23. The van der Waals surface area contributed by atoms with Crippen LogP contribution in [0.4, 0.5) is 5.00 Å². The number of nitrogens with one attached hydrogen (secondary N) is 1. The number of amides is 1. The zero-order valence-corrected chi connectivity index (χ0v) is 20.2. The van der Waals surface area contributed by atoms with Crippen LogP contribution in [0.25, 0.3) is 11.1 Å². The molecule has 0 radical (unpaired) electrons. The Bertz CT molecular complexity index is 1100. The first-order valence-electron chi connectivity index (χ1n) is 10.9. The minimum atomic E-state index is -0.438. The normalized spacial score (nSPS) is 10.5. The molecule has 33 heavy (non-hydrogen) atoms. The SMILES string of the molecule is CCOC(=O)c1c(-c2ccc(C)cc2C)csc1NC(=O)CCCOc1ccc(OC)cc1. The maximum atomic E-state index is 12.7. The maximum absolute atomic E-state index is 12.7. The Labute approximate surface area is 198 Å². The summed E-state index contributed by atoms with van der Waals surface area (Å²) in [5.41, 5.74) is 4.33. The van der Waals surface area contributed by atoms with Crippen molar-refractivity contribution in [2.24, 2.45) is 0 Å². The van der Waals surface area contributed by atoms with Gasteiger partial charge in [-0.15, -0.1) is 11.3 Å². The highest BCUT2D eigenvalue weighted by Crippen LogP contribution is 2.38. The fraction of sp³-hybridized carbons (Fsp3) is 0.308. The van der Waals surface area contributed by atoms with Crippen molar-refractivity contribution in [3.63, 3.8) is 0 Å². The first-order chi connectivity index (χ1) is 15.9. The highest BCUT2D eigenvalue weighted by atomic mass is 32.1. The van der Waals surface area contributed by atoms with E-state index in [1.165, 1.54) is 11.3 Å². The maximum Gasteiger partial charge on any atom is 0.341 e. The van der Waals surface area contributed by atoms with E-state index in [0.29, 0.717) is 23.6 Å². The van der Waals surface area contributed by atoms with Crippen molar-refractivity contribution < 1.29 is 23.8 Å². The van der Waals surface area contributed by atoms with Crippen molar-refractivity contribution in [3.05, 3.63) is 64.5 Å². The Morgan fingerprint density at radius 2 is 1.73 bits per heavy atom. The van der Waals surface area contributed by atoms with Crippen LogP contribution < -0.4 is 14.8 Å². The van der Waals surface area contributed by atoms with Crippen molar-refractivity contribution in [1.29, 1.82) is 0 Å². The van der Waals surface area contributed by atoms with Gasteiger partial charge in [0.15, 0.2) is 0 Å². The fourth-order valence-electron chi connectivity index (χ4n) is 3.45. The fourth-order valence-corrected chi connectivity index (χ4v) is 4.42. The third-order valence-electron chi connectivity index (χ3n) is 5.07. The van der Waals surface area contributed by atoms with Crippen LogP contribution >= 0.6 is 11.3 Å². The van der Waals surface area contributed by atoms with E-state index in [0.717, 1.165) is 33.8 Å². The van der Waals surface area contributed by atoms with Gasteiger partial charge in [0, 0.05) is 17.4 Å². The molecule has 0 saturated heterocycles. The lowest BCUT2D eigenvalue weighted by Crippen LogP contribution is -2.15. The second-order valence-electron chi connectivity index (χ2n) is 7.57. The van der Waals surface area contributed by atoms with Gasteiger partial charge in [0.05, 0.1) is 20.3 Å². The third kappa shape index (κ3) is 6.35. The van der Waals surface area contributed by atoms with Crippen LogP contribution in [0.5, 0.6) is 11.5 Å². The molecule has 0 atom stereocenters. The summed E-state index contributed by atoms with van der Waals surface area (Å²) >= 11 is 1.33. The van der Waals surface area contributed by atoms with Gasteiger partial charge in [0.1, 0.15) is 22.1 Å². The van der Waals surface area contributed by atoms with Crippen LogP contribution in [0, 0.1) is 13.8 Å². The van der Waals surface area contributed by atoms with Gasteiger partial charge in [0.25, 0.3) is 0 Å². The van der Waals surface area contributed by atoms with Gasteiger partial charge in [0.2, 0.25) is 5.91 Å². The Morgan fingerprint density at radius 3 is 2.39 bits per heavy atom. The van der Waals surface area contributed by atoms with Gasteiger partial charge in [-0.1, -0.05) is 23.8 Å². The molecule has 0 fully saturated rings. The molecule has 0 aliphatic carbocycles. The van der Waals surface area contributed by atoms with Crippen molar-refractivity contribution in [3.8, 4) is 22.6 Å². The van der Waals surface area contributed by atoms with Crippen LogP contribution in [-0.2, 0) is 9.53 Å². The number of ether oxygens (including phenoxy) is 3. The number of carbonyl (C=O) groups excluding carboxylic acids is 2. The second-order valence-corrected chi connectivity index (χ2v) is 8.45. The van der Waals surface area contributed by atoms with E-state index in [4.69, 9.17) is 14.2 Å². The molecule has 6 nitrogen and oxygen atoms in total. The first-order valence-corrected chi connectivity index (χ1v) is 11.7. The standard InChI is InChI=1S/C26H29NO5S/c1-5-31-26(29)24-22(21-13-8-17(2)15-18(21)3)16-33-25(24)27-23(28)7-6-14-32-20-11-9-19(30-4)10-12-20/h8-13,15-16H,5-7,14H2,1-4H3,(H,27,28). The van der Waals surface area contributed by atoms with Gasteiger partial charge in [-0.2, -0.15) is 0 Å². The number of thiophene rings is 1. The van der Waals surface area contributed by atoms with Crippen LogP contribution in [0.2, 0.25) is 0 Å².